The fourth-order valence-corrected chi connectivity index (χ4v) is 3.42. The molecular formula is C17H23N5O4. The minimum Gasteiger partial charge on any atom is -0.479 e. The Morgan fingerprint density at radius 2 is 2.08 bits per heavy atom. The van der Waals surface area contributed by atoms with Crippen molar-refractivity contribution in [3.63, 3.8) is 0 Å². The van der Waals surface area contributed by atoms with Gasteiger partial charge in [0.2, 0.25) is 5.76 Å². The number of morpholine rings is 1. The van der Waals surface area contributed by atoms with E-state index >= 15 is 0 Å². The van der Waals surface area contributed by atoms with E-state index in [1.807, 2.05) is 6.20 Å². The van der Waals surface area contributed by atoms with Crippen molar-refractivity contribution in [2.24, 2.45) is 0 Å². The predicted molar refractivity (Wildman–Crippen MR) is 91.0 cm³/mol. The predicted octanol–water partition coefficient (Wildman–Crippen LogP) is 0.410. The largest absolute Gasteiger partial charge is 0.479 e. The third-order valence-electron chi connectivity index (χ3n) is 4.90. The molecule has 0 spiro atoms. The van der Waals surface area contributed by atoms with Gasteiger partial charge in [-0.15, -0.1) is 0 Å². The van der Waals surface area contributed by atoms with Crippen LogP contribution in [0.3, 0.4) is 0 Å². The zero-order valence-corrected chi connectivity index (χ0v) is 14.9. The molecule has 2 aromatic heterocycles. The number of methoxy groups -OCH3 is 1. The first-order valence-electron chi connectivity index (χ1n) is 8.88. The molecule has 1 saturated heterocycles. The van der Waals surface area contributed by atoms with Crippen molar-refractivity contribution in [3.8, 4) is 5.88 Å². The van der Waals surface area contributed by atoms with Crippen LogP contribution < -0.4 is 4.74 Å². The highest BCUT2D eigenvalue weighted by Crippen LogP contribution is 2.17. The Hall–Kier alpha value is -2.39. The highest BCUT2D eigenvalue weighted by atomic mass is 16.5. The molecule has 0 radical (unpaired) electrons. The smallest absolute Gasteiger partial charge is 0.292 e. The van der Waals surface area contributed by atoms with Crippen molar-refractivity contribution in [1.82, 2.24) is 24.5 Å². The molecule has 0 saturated carbocycles. The van der Waals surface area contributed by atoms with Gasteiger partial charge in [-0.1, -0.05) is 0 Å². The quantitative estimate of drug-likeness (QED) is 0.780. The van der Waals surface area contributed by atoms with Crippen molar-refractivity contribution in [1.29, 1.82) is 0 Å². The van der Waals surface area contributed by atoms with Crippen LogP contribution in [-0.2, 0) is 24.2 Å². The van der Waals surface area contributed by atoms with Gasteiger partial charge in [0.05, 0.1) is 32.1 Å². The Morgan fingerprint density at radius 1 is 1.23 bits per heavy atom. The molecule has 26 heavy (non-hydrogen) atoms. The first-order valence-corrected chi connectivity index (χ1v) is 8.88. The lowest BCUT2D eigenvalue weighted by molar-refractivity contribution is 0.0331. The van der Waals surface area contributed by atoms with Crippen LogP contribution in [0.25, 0.3) is 0 Å². The summed E-state index contributed by atoms with van der Waals surface area (Å²) in [7, 11) is 1.49. The van der Waals surface area contributed by atoms with Gasteiger partial charge in [0.25, 0.3) is 11.8 Å². The fraction of sp³-hybridized carbons (Fsp3) is 0.588. The van der Waals surface area contributed by atoms with Crippen molar-refractivity contribution < 1.29 is 18.8 Å². The van der Waals surface area contributed by atoms with Crippen LogP contribution in [0.5, 0.6) is 5.88 Å². The van der Waals surface area contributed by atoms with Gasteiger partial charge >= 0.3 is 0 Å². The Morgan fingerprint density at radius 3 is 2.85 bits per heavy atom. The molecular weight excluding hydrogens is 338 g/mol. The molecule has 4 rings (SSSR count). The molecule has 0 unspecified atom stereocenters. The minimum atomic E-state index is -0.165. The van der Waals surface area contributed by atoms with E-state index in [0.29, 0.717) is 19.0 Å². The fourth-order valence-electron chi connectivity index (χ4n) is 3.42. The van der Waals surface area contributed by atoms with Crippen LogP contribution in [0.4, 0.5) is 0 Å². The Bertz CT molecular complexity index is 765. The zero-order valence-electron chi connectivity index (χ0n) is 14.9. The molecule has 0 aliphatic carbocycles. The van der Waals surface area contributed by atoms with Crippen molar-refractivity contribution in [2.75, 3.05) is 46.5 Å². The maximum absolute atomic E-state index is 12.6. The Labute approximate surface area is 151 Å². The zero-order chi connectivity index (χ0) is 17.9. The van der Waals surface area contributed by atoms with Gasteiger partial charge in [-0.25, -0.2) is 4.98 Å². The molecule has 4 heterocycles. The van der Waals surface area contributed by atoms with E-state index in [1.165, 1.54) is 18.9 Å². The second-order valence-electron chi connectivity index (χ2n) is 6.48. The van der Waals surface area contributed by atoms with E-state index < -0.39 is 0 Å². The van der Waals surface area contributed by atoms with Crippen molar-refractivity contribution >= 4 is 5.91 Å². The summed E-state index contributed by atoms with van der Waals surface area (Å²) in [6.07, 6.45) is 2.68. The maximum atomic E-state index is 12.6. The van der Waals surface area contributed by atoms with E-state index in [9.17, 15) is 4.79 Å². The highest BCUT2D eigenvalue weighted by molar-refractivity contribution is 5.91. The normalized spacial score (nSPS) is 18.4. The molecule has 2 aliphatic rings. The number of rotatable bonds is 4. The number of nitrogens with zero attached hydrogens (tertiary/aromatic N) is 5. The number of amides is 1. The van der Waals surface area contributed by atoms with Gasteiger partial charge in [0, 0.05) is 51.9 Å². The summed E-state index contributed by atoms with van der Waals surface area (Å²) >= 11 is 0. The number of hydrogen-bond acceptors (Lipinski definition) is 7. The molecule has 2 aromatic rings. The van der Waals surface area contributed by atoms with Crippen LogP contribution >= 0.6 is 0 Å². The third-order valence-corrected chi connectivity index (χ3v) is 4.90. The molecule has 9 nitrogen and oxygen atoms in total. The molecule has 140 valence electrons. The number of carbonyl (C=O) groups is 1. The number of ether oxygens (including phenoxy) is 2. The summed E-state index contributed by atoms with van der Waals surface area (Å²) in [5.74, 6) is 1.37. The molecule has 1 amide bonds. The van der Waals surface area contributed by atoms with Crippen molar-refractivity contribution in [2.45, 2.75) is 19.5 Å². The minimum absolute atomic E-state index is 0.165. The maximum Gasteiger partial charge on any atom is 0.292 e. The van der Waals surface area contributed by atoms with Gasteiger partial charge in [-0.05, 0) is 5.16 Å². The Kier molecular flexibility index (Phi) is 4.89. The second-order valence-corrected chi connectivity index (χ2v) is 6.48. The topological polar surface area (TPSA) is 85.9 Å². The lowest BCUT2D eigenvalue weighted by Crippen LogP contribution is -2.36. The van der Waals surface area contributed by atoms with Gasteiger partial charge in [-0.2, -0.15) is 0 Å². The number of hydrogen-bond donors (Lipinski definition) is 0. The molecule has 9 heteroatoms. The van der Waals surface area contributed by atoms with E-state index in [2.05, 4.69) is 19.6 Å². The van der Waals surface area contributed by atoms with Gasteiger partial charge in [-0.3, -0.25) is 9.69 Å². The summed E-state index contributed by atoms with van der Waals surface area (Å²) in [6, 6.07) is 1.52. The number of aromatic nitrogens is 3. The van der Waals surface area contributed by atoms with Gasteiger partial charge in [0.1, 0.15) is 5.82 Å². The average Bonchev–Trinajstić information content (AvgIpc) is 3.24. The van der Waals surface area contributed by atoms with E-state index in [-0.39, 0.29) is 11.7 Å². The first kappa shape index (κ1) is 17.0. The number of fused-ring (bicyclic) bond motifs is 1. The summed E-state index contributed by atoms with van der Waals surface area (Å²) in [4.78, 5) is 21.4. The average molecular weight is 361 g/mol. The van der Waals surface area contributed by atoms with Crippen LogP contribution in [0.15, 0.2) is 16.8 Å². The van der Waals surface area contributed by atoms with Crippen LogP contribution in [0.1, 0.15) is 22.1 Å². The SMILES string of the molecule is COc1cc(C(=O)N2CCc3ncc(CN4CCOCC4)n3CC2)on1. The first-order chi connectivity index (χ1) is 12.7. The summed E-state index contributed by atoms with van der Waals surface area (Å²) < 4.78 is 17.7. The highest BCUT2D eigenvalue weighted by Gasteiger charge is 2.25. The van der Waals surface area contributed by atoms with E-state index in [0.717, 1.165) is 51.6 Å². The lowest BCUT2D eigenvalue weighted by atomic mass is 10.3. The lowest BCUT2D eigenvalue weighted by Gasteiger charge is -2.27. The summed E-state index contributed by atoms with van der Waals surface area (Å²) in [5.41, 5.74) is 1.19. The van der Waals surface area contributed by atoms with Crippen LogP contribution in [0.2, 0.25) is 0 Å². The monoisotopic (exact) mass is 361 g/mol. The van der Waals surface area contributed by atoms with Gasteiger partial charge < -0.3 is 23.5 Å². The summed E-state index contributed by atoms with van der Waals surface area (Å²) in [6.45, 7) is 6.26. The molecule has 0 bridgehead atoms. The molecule has 0 aromatic carbocycles. The molecule has 1 fully saturated rings. The van der Waals surface area contributed by atoms with Crippen molar-refractivity contribution in [3.05, 3.63) is 29.5 Å². The van der Waals surface area contributed by atoms with Crippen LogP contribution in [-0.4, -0.2) is 76.9 Å². The van der Waals surface area contributed by atoms with E-state index in [4.69, 9.17) is 14.0 Å². The van der Waals surface area contributed by atoms with Crippen LogP contribution in [0, 0.1) is 0 Å². The molecule has 2 aliphatic heterocycles. The Balaban J connectivity index is 1.43. The van der Waals surface area contributed by atoms with Gasteiger partial charge in [0.15, 0.2) is 0 Å². The second kappa shape index (κ2) is 7.46. The standard InChI is InChI=1S/C17H23N5O4/c1-24-16-10-14(26-19-16)17(23)21-3-2-15-18-11-13(22(15)5-4-21)12-20-6-8-25-9-7-20/h10-11H,2-9,12H2,1H3. The third kappa shape index (κ3) is 3.45. The molecule has 0 N–H and O–H groups in total. The van der Waals surface area contributed by atoms with E-state index in [1.54, 1.807) is 4.90 Å². The summed E-state index contributed by atoms with van der Waals surface area (Å²) in [5, 5.41) is 3.70. The molecule has 0 atom stereocenters. The number of carbonyl (C=O) groups excluding carboxylic acids is 1. The number of imidazole rings is 1.